The quantitative estimate of drug-likeness (QED) is 0.243. The molecule has 0 saturated heterocycles. The van der Waals surface area contributed by atoms with E-state index >= 15 is 0 Å². The number of halogens is 8. The van der Waals surface area contributed by atoms with E-state index in [-0.39, 0.29) is 33.0 Å². The number of hydrogen-bond acceptors (Lipinski definition) is 3. The zero-order valence-corrected chi connectivity index (χ0v) is 15.8. The average molecular weight is 500 g/mol. The van der Waals surface area contributed by atoms with Crippen molar-refractivity contribution in [1.29, 1.82) is 0 Å². The summed E-state index contributed by atoms with van der Waals surface area (Å²) in [5, 5.41) is 13.6. The Morgan fingerprint density at radius 2 is 1.42 bits per heavy atom. The van der Waals surface area contributed by atoms with Crippen LogP contribution in [0.1, 0.15) is 27.2 Å². The Labute approximate surface area is 178 Å². The van der Waals surface area contributed by atoms with E-state index in [4.69, 9.17) is 0 Å². The van der Waals surface area contributed by atoms with Crippen molar-refractivity contribution in [2.24, 2.45) is 0 Å². The number of aromatic nitrogens is 2. The molecule has 1 aromatic heterocycles. The molecule has 0 aliphatic carbocycles. The molecule has 0 bridgehead atoms. The van der Waals surface area contributed by atoms with Crippen molar-refractivity contribution >= 4 is 5.78 Å². The fourth-order valence-corrected chi connectivity index (χ4v) is 2.74. The van der Waals surface area contributed by atoms with E-state index in [1.54, 1.807) is 0 Å². The number of carbonyl (C=O) groups is 1. The SMILES string of the molecule is Cc1nn(-c2c(F)c(F)c(C(F)(F)F)c(F)c2F)c(O)c1C(=O)c1ccc(F)cc1.[Cu]. The predicted molar refractivity (Wildman–Crippen MR) is 84.6 cm³/mol. The molecule has 0 amide bonds. The molecule has 0 spiro atoms. The second kappa shape index (κ2) is 8.31. The van der Waals surface area contributed by atoms with E-state index < -0.39 is 63.7 Å². The summed E-state index contributed by atoms with van der Waals surface area (Å²) in [5.41, 5.74) is -5.81. The minimum atomic E-state index is -5.75. The Kier molecular flexibility index (Phi) is 6.53. The summed E-state index contributed by atoms with van der Waals surface area (Å²) in [6, 6.07) is 3.85. The van der Waals surface area contributed by atoms with E-state index in [1.165, 1.54) is 0 Å². The van der Waals surface area contributed by atoms with Crippen LogP contribution in [0.25, 0.3) is 5.69 Å². The number of aromatic hydroxyl groups is 1. The summed E-state index contributed by atoms with van der Waals surface area (Å²) in [5.74, 6) is -13.5. The molecule has 0 saturated carbocycles. The molecule has 0 fully saturated rings. The van der Waals surface area contributed by atoms with E-state index in [0.717, 1.165) is 31.2 Å². The van der Waals surface area contributed by atoms with Gasteiger partial charge < -0.3 is 5.11 Å². The molecule has 2 aromatic carbocycles. The third-order valence-electron chi connectivity index (χ3n) is 4.10. The van der Waals surface area contributed by atoms with Crippen LogP contribution in [0, 0.1) is 36.0 Å². The number of benzene rings is 2. The first-order valence-electron chi connectivity index (χ1n) is 7.88. The van der Waals surface area contributed by atoms with Crippen LogP contribution in [0.5, 0.6) is 5.88 Å². The summed E-state index contributed by atoms with van der Waals surface area (Å²) < 4.78 is 107. The minimum absolute atomic E-state index is 0. The molecule has 13 heteroatoms. The van der Waals surface area contributed by atoms with Crippen LogP contribution in [-0.2, 0) is 23.2 Å². The molecular formula is C18H8CuF8N2O2. The minimum Gasteiger partial charge on any atom is -0.493 e. The van der Waals surface area contributed by atoms with Crippen molar-refractivity contribution < 1.29 is 62.1 Å². The van der Waals surface area contributed by atoms with Gasteiger partial charge in [0.2, 0.25) is 5.88 Å². The van der Waals surface area contributed by atoms with Gasteiger partial charge in [-0.2, -0.15) is 23.0 Å². The molecule has 0 aliphatic rings. The molecule has 31 heavy (non-hydrogen) atoms. The molecule has 0 atom stereocenters. The van der Waals surface area contributed by atoms with Crippen LogP contribution in [0.2, 0.25) is 0 Å². The zero-order valence-electron chi connectivity index (χ0n) is 14.9. The largest absolute Gasteiger partial charge is 0.493 e. The van der Waals surface area contributed by atoms with Gasteiger partial charge in [-0.15, -0.1) is 0 Å². The van der Waals surface area contributed by atoms with Gasteiger partial charge in [0, 0.05) is 22.6 Å². The number of carbonyl (C=O) groups excluding carboxylic acids is 1. The Morgan fingerprint density at radius 1 is 0.935 bits per heavy atom. The standard InChI is InChI=1S/C18H8F8N2O2.Cu/c1-6-9(16(29)7-2-4-8(19)5-3-7)17(30)28(27-6)15-13(22)11(20)10(18(24,25)26)12(21)14(15)23;/h2-5,30H,1H3;. The number of nitrogens with zero attached hydrogens (tertiary/aromatic N) is 2. The van der Waals surface area contributed by atoms with Gasteiger partial charge in [0.25, 0.3) is 0 Å². The monoisotopic (exact) mass is 499 g/mol. The smallest absolute Gasteiger partial charge is 0.422 e. The third-order valence-corrected chi connectivity index (χ3v) is 4.10. The second-order valence-corrected chi connectivity index (χ2v) is 6.01. The first kappa shape index (κ1) is 24.3. The van der Waals surface area contributed by atoms with E-state index in [1.807, 2.05) is 0 Å². The Bertz CT molecular complexity index is 1140. The van der Waals surface area contributed by atoms with Gasteiger partial charge in [-0.05, 0) is 31.2 Å². The molecule has 1 N–H and O–H groups in total. The summed E-state index contributed by atoms with van der Waals surface area (Å²) in [4.78, 5) is 12.5. The number of ketones is 1. The van der Waals surface area contributed by atoms with Crippen molar-refractivity contribution in [3.05, 3.63) is 75.7 Å². The van der Waals surface area contributed by atoms with Crippen LogP contribution in [0.4, 0.5) is 35.1 Å². The summed E-state index contributed by atoms with van der Waals surface area (Å²) >= 11 is 0. The van der Waals surface area contributed by atoms with Crippen molar-refractivity contribution in [3.63, 3.8) is 0 Å². The van der Waals surface area contributed by atoms with Gasteiger partial charge in [0.1, 0.15) is 22.6 Å². The Hall–Kier alpha value is -2.92. The van der Waals surface area contributed by atoms with E-state index in [9.17, 15) is 45.0 Å². The number of aryl methyl sites for hydroxylation is 1. The molecule has 169 valence electrons. The molecule has 1 radical (unpaired) electrons. The number of rotatable bonds is 3. The summed E-state index contributed by atoms with van der Waals surface area (Å²) in [6.45, 7) is 1.08. The number of hydrogen-bond donors (Lipinski definition) is 1. The van der Waals surface area contributed by atoms with Gasteiger partial charge in [0.05, 0.1) is 5.69 Å². The van der Waals surface area contributed by atoms with Crippen LogP contribution < -0.4 is 0 Å². The topological polar surface area (TPSA) is 55.1 Å². The van der Waals surface area contributed by atoms with Crippen LogP contribution >= 0.6 is 0 Å². The first-order valence-corrected chi connectivity index (χ1v) is 7.88. The maximum absolute atomic E-state index is 14.2. The van der Waals surface area contributed by atoms with Gasteiger partial charge in [-0.1, -0.05) is 0 Å². The van der Waals surface area contributed by atoms with Gasteiger partial charge in [-0.3, -0.25) is 4.79 Å². The molecule has 3 rings (SSSR count). The second-order valence-electron chi connectivity index (χ2n) is 6.01. The van der Waals surface area contributed by atoms with Gasteiger partial charge >= 0.3 is 6.18 Å². The Morgan fingerprint density at radius 3 is 1.87 bits per heavy atom. The summed E-state index contributed by atoms with van der Waals surface area (Å²) in [6.07, 6.45) is -5.75. The Balaban J connectivity index is 0.00000341. The maximum Gasteiger partial charge on any atom is 0.422 e. The van der Waals surface area contributed by atoms with Gasteiger partial charge in [0.15, 0.2) is 29.1 Å². The average Bonchev–Trinajstić information content (AvgIpc) is 2.93. The third kappa shape index (κ3) is 4.02. The van der Waals surface area contributed by atoms with E-state index in [2.05, 4.69) is 5.10 Å². The van der Waals surface area contributed by atoms with Crippen molar-refractivity contribution in [3.8, 4) is 11.6 Å². The van der Waals surface area contributed by atoms with E-state index in [0.29, 0.717) is 0 Å². The van der Waals surface area contributed by atoms with Crippen LogP contribution in [0.15, 0.2) is 24.3 Å². The maximum atomic E-state index is 14.2. The van der Waals surface area contributed by atoms with Gasteiger partial charge in [-0.25, -0.2) is 22.0 Å². The summed E-state index contributed by atoms with van der Waals surface area (Å²) in [7, 11) is 0. The molecule has 3 aromatic rings. The fraction of sp³-hybridized carbons (Fsp3) is 0.111. The predicted octanol–water partition coefficient (Wildman–Crippen LogP) is 4.83. The molecule has 4 nitrogen and oxygen atoms in total. The first-order chi connectivity index (χ1) is 13.9. The molecule has 0 aliphatic heterocycles. The van der Waals surface area contributed by atoms with Crippen molar-refractivity contribution in [1.82, 2.24) is 9.78 Å². The normalized spacial score (nSPS) is 11.4. The molecule has 1 heterocycles. The zero-order chi connectivity index (χ0) is 22.5. The molecular weight excluding hydrogens is 492 g/mol. The van der Waals surface area contributed by atoms with Crippen molar-refractivity contribution in [2.75, 3.05) is 0 Å². The molecule has 0 unspecified atom stereocenters. The van der Waals surface area contributed by atoms with Crippen LogP contribution in [-0.4, -0.2) is 20.7 Å². The fourth-order valence-electron chi connectivity index (χ4n) is 2.74. The number of alkyl halides is 3. The van der Waals surface area contributed by atoms with Crippen molar-refractivity contribution in [2.45, 2.75) is 13.1 Å². The van der Waals surface area contributed by atoms with Crippen LogP contribution in [0.3, 0.4) is 0 Å².